The zero-order valence-electron chi connectivity index (χ0n) is 17.7. The molecule has 1 fully saturated rings. The number of carbonyl (C=O) groups excluding carboxylic acids is 1. The quantitative estimate of drug-likeness (QED) is 0.729. The molecule has 2 aromatic rings. The first-order valence-electron chi connectivity index (χ1n) is 9.85. The van der Waals surface area contributed by atoms with Gasteiger partial charge >= 0.3 is 0 Å². The van der Waals surface area contributed by atoms with Crippen LogP contribution in [-0.2, 0) is 14.8 Å². The lowest BCUT2D eigenvalue weighted by molar-refractivity contribution is -0.116. The predicted octanol–water partition coefficient (Wildman–Crippen LogP) is 2.51. The summed E-state index contributed by atoms with van der Waals surface area (Å²) in [7, 11) is -1.86. The minimum atomic E-state index is -3.94. The Labute approximate surface area is 181 Å². The van der Waals surface area contributed by atoms with Crippen molar-refractivity contribution in [3.63, 3.8) is 0 Å². The molecule has 0 saturated carbocycles. The maximum atomic E-state index is 13.6. The van der Waals surface area contributed by atoms with Crippen molar-refractivity contribution in [1.82, 2.24) is 4.90 Å². The Kier molecular flexibility index (Phi) is 6.80. The topological polar surface area (TPSA) is 73.0 Å². The molecule has 2 aromatic carbocycles. The van der Waals surface area contributed by atoms with E-state index in [9.17, 15) is 22.0 Å². The van der Waals surface area contributed by atoms with E-state index >= 15 is 0 Å². The van der Waals surface area contributed by atoms with Crippen molar-refractivity contribution in [2.45, 2.75) is 13.0 Å². The highest BCUT2D eigenvalue weighted by Crippen LogP contribution is 2.24. The second-order valence-corrected chi connectivity index (χ2v) is 9.52. The third kappa shape index (κ3) is 5.50. The molecule has 31 heavy (non-hydrogen) atoms. The molecule has 1 saturated heterocycles. The van der Waals surface area contributed by atoms with E-state index in [2.05, 4.69) is 22.2 Å². The van der Waals surface area contributed by atoms with Crippen LogP contribution in [0.15, 0.2) is 42.5 Å². The summed E-state index contributed by atoms with van der Waals surface area (Å²) in [5, 5.41) is 2.69. The van der Waals surface area contributed by atoms with E-state index in [1.165, 1.54) is 6.92 Å². The molecule has 3 rings (SSSR count). The monoisotopic (exact) mass is 452 g/mol. The van der Waals surface area contributed by atoms with E-state index in [0.29, 0.717) is 5.69 Å². The van der Waals surface area contributed by atoms with Crippen LogP contribution >= 0.6 is 0 Å². The van der Waals surface area contributed by atoms with E-state index in [-0.39, 0.29) is 5.69 Å². The first-order valence-corrected chi connectivity index (χ1v) is 11.7. The smallest absolute Gasteiger partial charge is 0.247 e. The number of hydrogen-bond donors (Lipinski definition) is 1. The highest BCUT2D eigenvalue weighted by molar-refractivity contribution is 7.92. The largest absolute Gasteiger partial charge is 0.369 e. The van der Waals surface area contributed by atoms with Crippen molar-refractivity contribution in [3.8, 4) is 0 Å². The number of anilines is 3. The molecule has 0 spiro atoms. The summed E-state index contributed by atoms with van der Waals surface area (Å²) in [4.78, 5) is 17.3. The number of benzene rings is 2. The zero-order valence-corrected chi connectivity index (χ0v) is 18.5. The summed E-state index contributed by atoms with van der Waals surface area (Å²) >= 11 is 0. The van der Waals surface area contributed by atoms with Gasteiger partial charge in [0.1, 0.15) is 6.04 Å². The first-order chi connectivity index (χ1) is 14.6. The molecule has 7 nitrogen and oxygen atoms in total. The fraction of sp³-hybridized carbons (Fsp3) is 0.381. The Morgan fingerprint density at radius 1 is 1.03 bits per heavy atom. The number of halogens is 2. The van der Waals surface area contributed by atoms with Crippen LogP contribution in [0.4, 0.5) is 25.8 Å². The second kappa shape index (κ2) is 9.19. The van der Waals surface area contributed by atoms with E-state index in [1.54, 1.807) is 12.1 Å². The molecule has 1 heterocycles. The number of carbonyl (C=O) groups is 1. The lowest BCUT2D eigenvalue weighted by Gasteiger charge is -2.34. The lowest BCUT2D eigenvalue weighted by atomic mass is 10.2. The summed E-state index contributed by atoms with van der Waals surface area (Å²) in [6.07, 6.45) is 0.906. The highest BCUT2D eigenvalue weighted by Gasteiger charge is 2.30. The molecule has 0 aliphatic carbocycles. The molecule has 0 bridgehead atoms. The average molecular weight is 453 g/mol. The van der Waals surface area contributed by atoms with Gasteiger partial charge < -0.3 is 15.1 Å². The van der Waals surface area contributed by atoms with E-state index < -0.39 is 33.6 Å². The van der Waals surface area contributed by atoms with Crippen molar-refractivity contribution in [3.05, 3.63) is 54.1 Å². The minimum Gasteiger partial charge on any atom is -0.369 e. The standard InChI is InChI=1S/C21H26F2N4O3S/c1-15(27(31(3,29)30)18-8-9-19(22)20(23)14-18)21(28)24-16-4-6-17(7-5-16)26-12-10-25(2)11-13-26/h4-9,14-15H,10-13H2,1-3H3,(H,24,28). The number of amides is 1. The van der Waals surface area contributed by atoms with Crippen LogP contribution < -0.4 is 14.5 Å². The van der Waals surface area contributed by atoms with E-state index in [4.69, 9.17) is 0 Å². The number of piperazine rings is 1. The number of likely N-dealkylation sites (N-methyl/N-ethyl adjacent to an activating group) is 1. The van der Waals surface area contributed by atoms with Crippen molar-refractivity contribution >= 4 is 33.0 Å². The Morgan fingerprint density at radius 2 is 1.65 bits per heavy atom. The molecule has 1 atom stereocenters. The van der Waals surface area contributed by atoms with E-state index in [0.717, 1.165) is 60.6 Å². The number of rotatable bonds is 6. The average Bonchev–Trinajstić information content (AvgIpc) is 2.71. The number of hydrogen-bond acceptors (Lipinski definition) is 5. The minimum absolute atomic E-state index is 0.130. The van der Waals surface area contributed by atoms with Crippen molar-refractivity contribution in [2.24, 2.45) is 0 Å². The van der Waals surface area contributed by atoms with Gasteiger partial charge in [-0.15, -0.1) is 0 Å². The van der Waals surface area contributed by atoms with Gasteiger partial charge in [-0.2, -0.15) is 0 Å². The van der Waals surface area contributed by atoms with Crippen LogP contribution in [0.25, 0.3) is 0 Å². The first kappa shape index (κ1) is 23.0. The Morgan fingerprint density at radius 3 is 2.19 bits per heavy atom. The van der Waals surface area contributed by atoms with Crippen LogP contribution in [0.5, 0.6) is 0 Å². The summed E-state index contributed by atoms with van der Waals surface area (Å²) in [6.45, 7) is 5.16. The maximum Gasteiger partial charge on any atom is 0.247 e. The van der Waals surface area contributed by atoms with E-state index in [1.807, 2.05) is 12.1 Å². The summed E-state index contributed by atoms with van der Waals surface area (Å²) in [6, 6.07) is 8.81. The Bertz CT molecular complexity index is 1040. The molecule has 1 amide bonds. The highest BCUT2D eigenvalue weighted by atomic mass is 32.2. The third-order valence-electron chi connectivity index (χ3n) is 5.25. The van der Waals surface area contributed by atoms with Gasteiger partial charge in [0.05, 0.1) is 11.9 Å². The van der Waals surface area contributed by atoms with Crippen LogP contribution in [0.3, 0.4) is 0 Å². The van der Waals surface area contributed by atoms with Gasteiger partial charge in [-0.1, -0.05) is 0 Å². The molecule has 1 aliphatic heterocycles. The van der Waals surface area contributed by atoms with Gasteiger partial charge in [-0.05, 0) is 50.4 Å². The molecular formula is C21H26F2N4O3S. The van der Waals surface area contributed by atoms with Crippen molar-refractivity contribution in [1.29, 1.82) is 0 Å². The van der Waals surface area contributed by atoms with Crippen LogP contribution in [0, 0.1) is 11.6 Å². The molecule has 1 N–H and O–H groups in total. The Balaban J connectivity index is 1.74. The van der Waals surface area contributed by atoms with Gasteiger partial charge in [0.25, 0.3) is 0 Å². The number of nitrogens with one attached hydrogen (secondary N) is 1. The maximum absolute atomic E-state index is 13.6. The van der Waals surface area contributed by atoms with Gasteiger partial charge in [0.2, 0.25) is 15.9 Å². The van der Waals surface area contributed by atoms with Gasteiger partial charge in [-0.25, -0.2) is 17.2 Å². The van der Waals surface area contributed by atoms with Crippen LogP contribution in [0.2, 0.25) is 0 Å². The molecule has 0 radical (unpaired) electrons. The van der Waals surface area contributed by atoms with Crippen molar-refractivity contribution < 1.29 is 22.0 Å². The SMILES string of the molecule is CC(C(=O)Nc1ccc(N2CCN(C)CC2)cc1)N(c1ccc(F)c(F)c1)S(C)(=O)=O. The summed E-state index contributed by atoms with van der Waals surface area (Å²) < 4.78 is 52.3. The molecular weight excluding hydrogens is 426 g/mol. The number of sulfonamides is 1. The van der Waals surface area contributed by atoms with Gasteiger partial charge in [0, 0.05) is 43.6 Å². The predicted molar refractivity (Wildman–Crippen MR) is 118 cm³/mol. The number of nitrogens with zero attached hydrogens (tertiary/aromatic N) is 3. The molecule has 10 heteroatoms. The summed E-state index contributed by atoms with van der Waals surface area (Å²) in [5.74, 6) is -2.89. The fourth-order valence-electron chi connectivity index (χ4n) is 3.50. The van der Waals surface area contributed by atoms with Gasteiger partial charge in [0.15, 0.2) is 11.6 Å². The van der Waals surface area contributed by atoms with Gasteiger partial charge in [-0.3, -0.25) is 9.10 Å². The lowest BCUT2D eigenvalue weighted by Crippen LogP contribution is -2.45. The van der Waals surface area contributed by atoms with Crippen LogP contribution in [-0.4, -0.2) is 64.7 Å². The van der Waals surface area contributed by atoms with Crippen molar-refractivity contribution in [2.75, 3.05) is 54.0 Å². The summed E-state index contributed by atoms with van der Waals surface area (Å²) in [5.41, 5.74) is 1.42. The zero-order chi connectivity index (χ0) is 22.8. The molecule has 1 unspecified atom stereocenters. The molecule has 168 valence electrons. The second-order valence-electron chi connectivity index (χ2n) is 7.66. The normalized spacial score (nSPS) is 16.1. The third-order valence-corrected chi connectivity index (χ3v) is 6.49. The fourth-order valence-corrected chi connectivity index (χ4v) is 4.66. The molecule has 1 aliphatic rings. The van der Waals surface area contributed by atoms with Crippen LogP contribution in [0.1, 0.15) is 6.92 Å². The Hall–Kier alpha value is -2.72. The molecule has 0 aromatic heterocycles.